The van der Waals surface area contributed by atoms with Gasteiger partial charge in [-0.25, -0.2) is 9.37 Å². The van der Waals surface area contributed by atoms with Crippen molar-refractivity contribution in [1.29, 1.82) is 0 Å². The molecule has 0 saturated carbocycles. The van der Waals surface area contributed by atoms with Crippen LogP contribution in [0.3, 0.4) is 0 Å². The van der Waals surface area contributed by atoms with Gasteiger partial charge in [0.1, 0.15) is 29.2 Å². The minimum absolute atomic E-state index is 0.00874. The van der Waals surface area contributed by atoms with Crippen LogP contribution >= 0.6 is 11.3 Å². The van der Waals surface area contributed by atoms with Crippen LogP contribution in [0.1, 0.15) is 21.6 Å². The summed E-state index contributed by atoms with van der Waals surface area (Å²) in [6.07, 6.45) is 1.46. The Morgan fingerprint density at radius 2 is 2.18 bits per heavy atom. The Labute approximate surface area is 131 Å². The molecule has 0 aliphatic rings. The summed E-state index contributed by atoms with van der Waals surface area (Å²) in [6, 6.07) is 5.51. The molecular formula is C15H17FN2O3S. The molecule has 22 heavy (non-hydrogen) atoms. The molecule has 1 aromatic heterocycles. The Morgan fingerprint density at radius 1 is 1.45 bits per heavy atom. The quantitative estimate of drug-likeness (QED) is 0.817. The van der Waals surface area contributed by atoms with E-state index in [9.17, 15) is 14.3 Å². The zero-order chi connectivity index (χ0) is 15.9. The lowest BCUT2D eigenvalue weighted by Gasteiger charge is -2.12. The van der Waals surface area contributed by atoms with Gasteiger partial charge in [0, 0.05) is 6.54 Å². The van der Waals surface area contributed by atoms with Gasteiger partial charge in [0.05, 0.1) is 11.2 Å². The van der Waals surface area contributed by atoms with E-state index in [1.807, 2.05) is 6.92 Å². The monoisotopic (exact) mass is 324 g/mol. The van der Waals surface area contributed by atoms with Crippen molar-refractivity contribution in [3.63, 3.8) is 0 Å². The molecule has 118 valence electrons. The van der Waals surface area contributed by atoms with E-state index in [0.29, 0.717) is 10.6 Å². The van der Waals surface area contributed by atoms with Crippen molar-refractivity contribution in [2.24, 2.45) is 0 Å². The third kappa shape index (κ3) is 4.78. The highest BCUT2D eigenvalue weighted by Crippen LogP contribution is 2.13. The summed E-state index contributed by atoms with van der Waals surface area (Å²) in [5.41, 5.74) is 0. The Hall–Kier alpha value is -1.99. The van der Waals surface area contributed by atoms with Gasteiger partial charge in [0.2, 0.25) is 0 Å². The third-order valence-electron chi connectivity index (χ3n) is 2.83. The molecule has 0 radical (unpaired) electrons. The second-order valence-corrected chi connectivity index (χ2v) is 5.72. The third-order valence-corrected chi connectivity index (χ3v) is 3.97. The fourth-order valence-corrected chi connectivity index (χ4v) is 2.43. The largest absolute Gasteiger partial charge is 0.491 e. The topological polar surface area (TPSA) is 71.5 Å². The molecule has 1 aromatic carbocycles. The van der Waals surface area contributed by atoms with Crippen LogP contribution in [0, 0.1) is 5.82 Å². The van der Waals surface area contributed by atoms with Gasteiger partial charge in [0.25, 0.3) is 5.91 Å². The highest BCUT2D eigenvalue weighted by Gasteiger charge is 2.12. The second kappa shape index (κ2) is 7.86. The molecule has 0 bridgehead atoms. The molecule has 7 heteroatoms. The number of benzene rings is 1. The van der Waals surface area contributed by atoms with Crippen LogP contribution in [0.15, 0.2) is 30.5 Å². The van der Waals surface area contributed by atoms with Crippen LogP contribution in [0.2, 0.25) is 0 Å². The first-order valence-corrected chi connectivity index (χ1v) is 7.69. The van der Waals surface area contributed by atoms with Crippen LogP contribution in [-0.4, -0.2) is 35.3 Å². The molecule has 0 aliphatic heterocycles. The van der Waals surface area contributed by atoms with Crippen LogP contribution in [0.5, 0.6) is 5.75 Å². The lowest BCUT2D eigenvalue weighted by Crippen LogP contribution is -2.35. The minimum Gasteiger partial charge on any atom is -0.491 e. The maximum Gasteiger partial charge on any atom is 0.263 e. The Balaban J connectivity index is 1.73. The Kier molecular flexibility index (Phi) is 5.85. The molecule has 0 spiro atoms. The summed E-state index contributed by atoms with van der Waals surface area (Å²) in [5, 5.41) is 13.3. The fraction of sp³-hybridized carbons (Fsp3) is 0.333. The maximum atomic E-state index is 12.7. The van der Waals surface area contributed by atoms with Gasteiger partial charge in [-0.2, -0.15) is 0 Å². The van der Waals surface area contributed by atoms with E-state index in [-0.39, 0.29) is 24.9 Å². The summed E-state index contributed by atoms with van der Waals surface area (Å²) in [6.45, 7) is 2.05. The number of aliphatic hydroxyl groups is 1. The van der Waals surface area contributed by atoms with E-state index < -0.39 is 6.10 Å². The fourth-order valence-electron chi connectivity index (χ4n) is 1.66. The first-order valence-electron chi connectivity index (χ1n) is 6.87. The van der Waals surface area contributed by atoms with Crippen molar-refractivity contribution in [2.75, 3.05) is 13.2 Å². The van der Waals surface area contributed by atoms with E-state index in [1.165, 1.54) is 41.8 Å². The Morgan fingerprint density at radius 3 is 2.82 bits per heavy atom. The predicted octanol–water partition coefficient (Wildman–Crippen LogP) is 2.01. The van der Waals surface area contributed by atoms with Crippen LogP contribution in [-0.2, 0) is 6.42 Å². The number of thiazole rings is 1. The summed E-state index contributed by atoms with van der Waals surface area (Å²) in [4.78, 5) is 16.5. The van der Waals surface area contributed by atoms with Gasteiger partial charge in [-0.15, -0.1) is 11.3 Å². The standard InChI is InChI=1S/C15H17FN2O3S/c1-2-14-17-8-13(22-14)15(20)18-7-11(19)9-21-12-5-3-10(16)4-6-12/h3-6,8,11,19H,2,7,9H2,1H3,(H,18,20). The van der Waals surface area contributed by atoms with Gasteiger partial charge in [0.15, 0.2) is 0 Å². The second-order valence-electron chi connectivity index (χ2n) is 4.60. The lowest BCUT2D eigenvalue weighted by atomic mass is 10.3. The lowest BCUT2D eigenvalue weighted by molar-refractivity contribution is 0.0846. The Bertz CT molecular complexity index is 616. The van der Waals surface area contributed by atoms with Gasteiger partial charge in [-0.3, -0.25) is 4.79 Å². The number of amides is 1. The first kappa shape index (κ1) is 16.4. The number of carbonyl (C=O) groups excluding carboxylic acids is 1. The number of rotatable bonds is 7. The van der Waals surface area contributed by atoms with Crippen molar-refractivity contribution in [2.45, 2.75) is 19.4 Å². The number of aryl methyl sites for hydroxylation is 1. The average molecular weight is 324 g/mol. The molecule has 1 atom stereocenters. The number of hydrogen-bond acceptors (Lipinski definition) is 5. The molecule has 5 nitrogen and oxygen atoms in total. The van der Waals surface area contributed by atoms with Crippen molar-refractivity contribution >= 4 is 17.2 Å². The smallest absolute Gasteiger partial charge is 0.263 e. The number of carbonyl (C=O) groups is 1. The van der Waals surface area contributed by atoms with Crippen molar-refractivity contribution in [1.82, 2.24) is 10.3 Å². The van der Waals surface area contributed by atoms with E-state index >= 15 is 0 Å². The summed E-state index contributed by atoms with van der Waals surface area (Å²) < 4.78 is 18.0. The average Bonchev–Trinajstić information content (AvgIpc) is 3.01. The summed E-state index contributed by atoms with van der Waals surface area (Å²) >= 11 is 1.33. The molecule has 2 aromatic rings. The molecule has 0 saturated heterocycles. The van der Waals surface area contributed by atoms with E-state index in [0.717, 1.165) is 11.4 Å². The number of halogens is 1. The normalized spacial score (nSPS) is 12.0. The van der Waals surface area contributed by atoms with Crippen molar-refractivity contribution in [3.8, 4) is 5.75 Å². The minimum atomic E-state index is -0.854. The van der Waals surface area contributed by atoms with Crippen LogP contribution < -0.4 is 10.1 Å². The first-order chi connectivity index (χ1) is 10.6. The molecule has 2 N–H and O–H groups in total. The number of hydrogen-bond donors (Lipinski definition) is 2. The van der Waals surface area contributed by atoms with E-state index in [2.05, 4.69) is 10.3 Å². The molecular weight excluding hydrogens is 307 g/mol. The predicted molar refractivity (Wildman–Crippen MR) is 81.7 cm³/mol. The van der Waals surface area contributed by atoms with Gasteiger partial charge < -0.3 is 15.2 Å². The van der Waals surface area contributed by atoms with Crippen LogP contribution in [0.4, 0.5) is 4.39 Å². The highest BCUT2D eigenvalue weighted by atomic mass is 32.1. The molecule has 2 rings (SSSR count). The van der Waals surface area contributed by atoms with E-state index in [4.69, 9.17) is 4.74 Å². The molecule has 0 fully saturated rings. The van der Waals surface area contributed by atoms with Gasteiger partial charge >= 0.3 is 0 Å². The van der Waals surface area contributed by atoms with Gasteiger partial charge in [-0.05, 0) is 30.7 Å². The molecule has 0 aliphatic carbocycles. The number of nitrogens with zero attached hydrogens (tertiary/aromatic N) is 1. The van der Waals surface area contributed by atoms with Gasteiger partial charge in [-0.1, -0.05) is 6.92 Å². The zero-order valence-corrected chi connectivity index (χ0v) is 12.9. The number of nitrogens with one attached hydrogen (secondary N) is 1. The number of ether oxygens (including phenoxy) is 1. The SMILES string of the molecule is CCc1ncc(C(=O)NCC(O)COc2ccc(F)cc2)s1. The van der Waals surface area contributed by atoms with Crippen LogP contribution in [0.25, 0.3) is 0 Å². The van der Waals surface area contributed by atoms with Crippen molar-refractivity contribution in [3.05, 3.63) is 46.2 Å². The summed E-state index contributed by atoms with van der Waals surface area (Å²) in [5.74, 6) is -0.156. The zero-order valence-electron chi connectivity index (χ0n) is 12.1. The molecule has 1 amide bonds. The number of aliphatic hydroxyl groups excluding tert-OH is 1. The molecule has 1 unspecified atom stereocenters. The number of aromatic nitrogens is 1. The molecule has 1 heterocycles. The maximum absolute atomic E-state index is 12.7. The summed E-state index contributed by atoms with van der Waals surface area (Å²) in [7, 11) is 0. The van der Waals surface area contributed by atoms with Crippen molar-refractivity contribution < 1.29 is 19.0 Å². The highest BCUT2D eigenvalue weighted by molar-refractivity contribution is 7.13. The van der Waals surface area contributed by atoms with E-state index in [1.54, 1.807) is 0 Å².